The molecule has 1 fully saturated rings. The van der Waals surface area contributed by atoms with Gasteiger partial charge in [0.05, 0.1) is 38.1 Å². The van der Waals surface area contributed by atoms with Crippen LogP contribution in [0.25, 0.3) is 0 Å². The van der Waals surface area contributed by atoms with Crippen molar-refractivity contribution in [2.24, 2.45) is 0 Å². The third kappa shape index (κ3) is 5.98. The first-order valence-corrected chi connectivity index (χ1v) is 10.7. The van der Waals surface area contributed by atoms with Crippen molar-refractivity contribution >= 4 is 17.5 Å². The van der Waals surface area contributed by atoms with Crippen LogP contribution in [-0.2, 0) is 11.3 Å². The number of benzene rings is 2. The van der Waals surface area contributed by atoms with Crippen LogP contribution in [0.5, 0.6) is 11.5 Å². The quantitative estimate of drug-likeness (QED) is 0.573. The zero-order chi connectivity index (χ0) is 22.2. The molecule has 0 radical (unpaired) electrons. The van der Waals surface area contributed by atoms with Crippen molar-refractivity contribution in [3.8, 4) is 11.5 Å². The maximum atomic E-state index is 12.7. The predicted octanol–water partition coefficient (Wildman–Crippen LogP) is 2.03. The molecule has 7 heteroatoms. The number of nitrogens with one attached hydrogen (secondary N) is 3. The monoisotopic (exact) mass is 426 g/mol. The van der Waals surface area contributed by atoms with E-state index in [0.717, 1.165) is 36.1 Å². The van der Waals surface area contributed by atoms with Crippen LogP contribution in [0.1, 0.15) is 41.6 Å². The van der Waals surface area contributed by atoms with Gasteiger partial charge < -0.3 is 25.0 Å². The summed E-state index contributed by atoms with van der Waals surface area (Å²) in [5, 5.41) is 5.99. The van der Waals surface area contributed by atoms with Crippen LogP contribution in [0, 0.1) is 0 Å². The molecule has 2 amide bonds. The maximum Gasteiger partial charge on any atom is 0.279 e. The first-order chi connectivity index (χ1) is 15.0. The molecule has 7 nitrogen and oxygen atoms in total. The summed E-state index contributed by atoms with van der Waals surface area (Å²) in [4.78, 5) is 26.4. The van der Waals surface area contributed by atoms with Gasteiger partial charge in [-0.25, -0.2) is 0 Å². The third-order valence-electron chi connectivity index (χ3n) is 5.58. The van der Waals surface area contributed by atoms with Crippen LogP contribution in [0.3, 0.4) is 0 Å². The summed E-state index contributed by atoms with van der Waals surface area (Å²) in [6, 6.07) is 13.1. The number of ether oxygens (including phenoxy) is 2. The summed E-state index contributed by atoms with van der Waals surface area (Å²) < 4.78 is 10.8. The molecule has 0 aromatic heterocycles. The second-order valence-corrected chi connectivity index (χ2v) is 8.01. The number of methoxy groups -OCH3 is 2. The van der Waals surface area contributed by atoms with Crippen molar-refractivity contribution in [1.29, 1.82) is 0 Å². The molecule has 0 spiro atoms. The summed E-state index contributed by atoms with van der Waals surface area (Å²) >= 11 is 0. The van der Waals surface area contributed by atoms with E-state index in [1.165, 1.54) is 0 Å². The minimum absolute atomic E-state index is 0.135. The van der Waals surface area contributed by atoms with Gasteiger partial charge in [-0.2, -0.15) is 0 Å². The first kappa shape index (κ1) is 22.6. The Labute approximate surface area is 183 Å². The largest absolute Gasteiger partial charge is 0.493 e. The van der Waals surface area contributed by atoms with Gasteiger partial charge in [0.1, 0.15) is 6.54 Å². The van der Waals surface area contributed by atoms with Crippen molar-refractivity contribution < 1.29 is 24.0 Å². The fourth-order valence-corrected chi connectivity index (χ4v) is 4.07. The fourth-order valence-electron chi connectivity index (χ4n) is 4.07. The van der Waals surface area contributed by atoms with Crippen molar-refractivity contribution in [2.75, 3.05) is 33.1 Å². The number of carbonyl (C=O) groups is 2. The molecule has 0 saturated heterocycles. The lowest BCUT2D eigenvalue weighted by atomic mass is 10.1. The van der Waals surface area contributed by atoms with Gasteiger partial charge in [-0.15, -0.1) is 0 Å². The van der Waals surface area contributed by atoms with Crippen LogP contribution in [0.15, 0.2) is 42.5 Å². The number of para-hydroxylation sites is 2. The lowest BCUT2D eigenvalue weighted by Crippen LogP contribution is -3.08. The lowest BCUT2D eigenvalue weighted by Gasteiger charge is -2.18. The molecule has 166 valence electrons. The van der Waals surface area contributed by atoms with Crippen molar-refractivity contribution in [3.05, 3.63) is 53.6 Å². The highest BCUT2D eigenvalue weighted by atomic mass is 16.5. The van der Waals surface area contributed by atoms with Crippen LogP contribution in [0.2, 0.25) is 0 Å². The number of hydrogen-bond acceptors (Lipinski definition) is 4. The molecule has 0 aliphatic heterocycles. The van der Waals surface area contributed by atoms with Crippen LogP contribution < -0.4 is 25.0 Å². The molecule has 0 bridgehead atoms. The zero-order valence-corrected chi connectivity index (χ0v) is 18.5. The second-order valence-electron chi connectivity index (χ2n) is 8.01. The van der Waals surface area contributed by atoms with E-state index >= 15 is 0 Å². The van der Waals surface area contributed by atoms with Gasteiger partial charge in [-0.1, -0.05) is 31.0 Å². The van der Waals surface area contributed by atoms with E-state index in [9.17, 15) is 9.59 Å². The number of quaternary nitrogens is 1. The van der Waals surface area contributed by atoms with E-state index in [-0.39, 0.29) is 24.4 Å². The zero-order valence-electron chi connectivity index (χ0n) is 18.5. The Hall–Kier alpha value is -3.06. The molecule has 1 aliphatic carbocycles. The van der Waals surface area contributed by atoms with Crippen LogP contribution >= 0.6 is 0 Å². The number of likely N-dealkylation sites (N-methyl/N-ethyl adjacent to an activating group) is 1. The van der Waals surface area contributed by atoms with Crippen molar-refractivity contribution in [1.82, 2.24) is 5.32 Å². The topological polar surface area (TPSA) is 81.1 Å². The molecule has 2 aromatic carbocycles. The fraction of sp³-hybridized carbons (Fsp3) is 0.417. The molecule has 1 saturated carbocycles. The SMILES string of the molecule is COc1cccc(C[NH+](C)CC(=O)Nc2ccccc2C(=O)NC2CCCC2)c1OC. The Morgan fingerprint density at radius 1 is 1.03 bits per heavy atom. The van der Waals surface area contributed by atoms with Crippen molar-refractivity contribution in [3.63, 3.8) is 0 Å². The molecular weight excluding hydrogens is 394 g/mol. The standard InChI is InChI=1S/C24H31N3O4/c1-27(15-17-9-8-14-21(30-2)23(17)31-3)16-22(28)26-20-13-7-6-12-19(20)24(29)25-18-10-4-5-11-18/h6-9,12-14,18H,4-5,10-11,15-16H2,1-3H3,(H,25,29)(H,26,28)/p+1. The number of anilines is 1. The van der Waals surface area contributed by atoms with E-state index in [4.69, 9.17) is 9.47 Å². The van der Waals surface area contributed by atoms with Gasteiger partial charge in [0.25, 0.3) is 11.8 Å². The minimum atomic E-state index is -0.152. The first-order valence-electron chi connectivity index (χ1n) is 10.7. The van der Waals surface area contributed by atoms with E-state index in [2.05, 4.69) is 10.6 Å². The minimum Gasteiger partial charge on any atom is -0.493 e. The van der Waals surface area contributed by atoms with Gasteiger partial charge in [0, 0.05) is 6.04 Å². The number of amides is 2. The Morgan fingerprint density at radius 2 is 1.77 bits per heavy atom. The summed E-state index contributed by atoms with van der Waals surface area (Å²) in [6.07, 6.45) is 4.33. The number of carbonyl (C=O) groups excluding carboxylic acids is 2. The summed E-state index contributed by atoms with van der Waals surface area (Å²) in [7, 11) is 5.15. The van der Waals surface area contributed by atoms with Gasteiger partial charge in [-0.3, -0.25) is 9.59 Å². The van der Waals surface area contributed by atoms with E-state index in [0.29, 0.717) is 29.3 Å². The summed E-state index contributed by atoms with van der Waals surface area (Å²) in [5.74, 6) is 1.06. The van der Waals surface area contributed by atoms with Gasteiger partial charge in [0.2, 0.25) is 0 Å². The van der Waals surface area contributed by atoms with Gasteiger partial charge in [-0.05, 0) is 37.1 Å². The summed E-state index contributed by atoms with van der Waals surface area (Å²) in [5.41, 5.74) is 1.99. The molecule has 1 aliphatic rings. The molecule has 2 aromatic rings. The second kappa shape index (κ2) is 10.8. The highest BCUT2D eigenvalue weighted by Gasteiger charge is 2.21. The van der Waals surface area contributed by atoms with Crippen LogP contribution in [0.4, 0.5) is 5.69 Å². The Morgan fingerprint density at radius 3 is 2.48 bits per heavy atom. The molecule has 31 heavy (non-hydrogen) atoms. The normalized spacial score (nSPS) is 14.7. The Balaban J connectivity index is 1.61. The summed E-state index contributed by atoms with van der Waals surface area (Å²) in [6.45, 7) is 0.844. The molecule has 1 unspecified atom stereocenters. The van der Waals surface area contributed by atoms with Crippen molar-refractivity contribution in [2.45, 2.75) is 38.3 Å². The molecule has 0 heterocycles. The third-order valence-corrected chi connectivity index (χ3v) is 5.58. The van der Waals surface area contributed by atoms with E-state index in [1.54, 1.807) is 26.4 Å². The number of rotatable bonds is 9. The Kier molecular flexibility index (Phi) is 7.89. The Bertz CT molecular complexity index is 909. The molecule has 1 atom stereocenters. The maximum absolute atomic E-state index is 12.7. The highest BCUT2D eigenvalue weighted by molar-refractivity contribution is 6.04. The number of hydrogen-bond donors (Lipinski definition) is 3. The van der Waals surface area contributed by atoms with Gasteiger partial charge in [0.15, 0.2) is 18.0 Å². The smallest absolute Gasteiger partial charge is 0.279 e. The van der Waals surface area contributed by atoms with Crippen LogP contribution in [-0.4, -0.2) is 45.7 Å². The van der Waals surface area contributed by atoms with E-state index in [1.807, 2.05) is 37.4 Å². The average molecular weight is 427 g/mol. The average Bonchev–Trinajstić information content (AvgIpc) is 3.26. The lowest BCUT2D eigenvalue weighted by molar-refractivity contribution is -0.885. The van der Waals surface area contributed by atoms with E-state index < -0.39 is 0 Å². The molecular formula is C24H32N3O4+. The molecule has 3 N–H and O–H groups in total. The molecule has 3 rings (SSSR count). The van der Waals surface area contributed by atoms with Gasteiger partial charge >= 0.3 is 0 Å². The predicted molar refractivity (Wildman–Crippen MR) is 120 cm³/mol. The highest BCUT2D eigenvalue weighted by Crippen LogP contribution is 2.30.